The molecule has 2 aromatic carbocycles. The van der Waals surface area contributed by atoms with Crippen LogP contribution in [-0.4, -0.2) is 19.0 Å². The van der Waals surface area contributed by atoms with E-state index in [2.05, 4.69) is 24.5 Å². The van der Waals surface area contributed by atoms with Gasteiger partial charge >= 0.3 is 0 Å². The number of anilines is 1. The number of hydrogen-bond donors (Lipinski definition) is 2. The molecule has 23 heavy (non-hydrogen) atoms. The number of rotatable bonds is 8. The van der Waals surface area contributed by atoms with Gasteiger partial charge < -0.3 is 15.4 Å². The first-order valence-electron chi connectivity index (χ1n) is 7.97. The molecule has 0 bridgehead atoms. The lowest BCUT2D eigenvalue weighted by molar-refractivity contribution is -0.119. The topological polar surface area (TPSA) is 50.4 Å². The lowest BCUT2D eigenvalue weighted by atomic mass is 10.1. The number of nitrogens with one attached hydrogen (secondary N) is 2. The van der Waals surface area contributed by atoms with E-state index in [9.17, 15) is 4.79 Å². The van der Waals surface area contributed by atoms with Gasteiger partial charge in [0.15, 0.2) is 5.75 Å². The zero-order valence-corrected chi connectivity index (χ0v) is 13.7. The average molecular weight is 312 g/mol. The predicted molar refractivity (Wildman–Crippen MR) is 93.9 cm³/mol. The minimum absolute atomic E-state index is 0.0137. The summed E-state index contributed by atoms with van der Waals surface area (Å²) in [7, 11) is 0. The quantitative estimate of drug-likeness (QED) is 0.773. The third-order valence-electron chi connectivity index (χ3n) is 3.34. The molecule has 0 spiro atoms. The number of carbonyl (C=O) groups is 1. The second-order valence-corrected chi connectivity index (χ2v) is 5.80. The average Bonchev–Trinajstić information content (AvgIpc) is 2.55. The fraction of sp³-hybridized carbons (Fsp3) is 0.316. The number of para-hydroxylation sites is 3. The molecule has 0 aliphatic rings. The molecule has 0 fully saturated rings. The first kappa shape index (κ1) is 16.9. The third kappa shape index (κ3) is 6.02. The van der Waals surface area contributed by atoms with Gasteiger partial charge in [0.2, 0.25) is 5.91 Å². The SMILES string of the molecule is CC(C)CCNC(=O)CNc1ccccc1Oc1ccccc1. The van der Waals surface area contributed by atoms with Crippen molar-refractivity contribution >= 4 is 11.6 Å². The highest BCUT2D eigenvalue weighted by molar-refractivity contribution is 5.81. The van der Waals surface area contributed by atoms with E-state index < -0.39 is 0 Å². The summed E-state index contributed by atoms with van der Waals surface area (Å²) in [5.74, 6) is 2.04. The van der Waals surface area contributed by atoms with Crippen molar-refractivity contribution in [2.24, 2.45) is 5.92 Å². The Morgan fingerprint density at radius 1 is 1.04 bits per heavy atom. The summed E-state index contributed by atoms with van der Waals surface area (Å²) in [6, 6.07) is 17.2. The second-order valence-electron chi connectivity index (χ2n) is 5.80. The number of carbonyl (C=O) groups excluding carboxylic acids is 1. The van der Waals surface area contributed by atoms with Crippen LogP contribution in [0.15, 0.2) is 54.6 Å². The van der Waals surface area contributed by atoms with Gasteiger partial charge in [0.05, 0.1) is 12.2 Å². The number of benzene rings is 2. The van der Waals surface area contributed by atoms with Crippen LogP contribution in [0.3, 0.4) is 0 Å². The van der Waals surface area contributed by atoms with E-state index in [1.807, 2.05) is 54.6 Å². The molecule has 0 radical (unpaired) electrons. The maximum absolute atomic E-state index is 11.9. The van der Waals surface area contributed by atoms with Crippen molar-refractivity contribution in [3.05, 3.63) is 54.6 Å². The van der Waals surface area contributed by atoms with Crippen molar-refractivity contribution in [1.82, 2.24) is 5.32 Å². The number of hydrogen-bond acceptors (Lipinski definition) is 3. The summed E-state index contributed by atoms with van der Waals surface area (Å²) in [5, 5.41) is 6.05. The molecule has 0 aromatic heterocycles. The Kier molecular flexibility index (Phi) is 6.48. The Labute approximate surface area is 137 Å². The molecular formula is C19H24N2O2. The fourth-order valence-corrected chi connectivity index (χ4v) is 2.06. The van der Waals surface area contributed by atoms with Crippen LogP contribution < -0.4 is 15.4 Å². The summed E-state index contributed by atoms with van der Waals surface area (Å²) in [6.45, 7) is 5.22. The highest BCUT2D eigenvalue weighted by atomic mass is 16.5. The van der Waals surface area contributed by atoms with Crippen LogP contribution in [0.1, 0.15) is 20.3 Å². The van der Waals surface area contributed by atoms with E-state index in [1.165, 1.54) is 0 Å². The lowest BCUT2D eigenvalue weighted by Gasteiger charge is -2.13. The molecule has 2 N–H and O–H groups in total. The third-order valence-corrected chi connectivity index (χ3v) is 3.34. The molecule has 4 nitrogen and oxygen atoms in total. The number of amides is 1. The minimum atomic E-state index is -0.0137. The molecule has 0 saturated heterocycles. The summed E-state index contributed by atoms with van der Waals surface area (Å²) in [6.07, 6.45) is 0.986. The molecule has 4 heteroatoms. The highest BCUT2D eigenvalue weighted by Gasteiger charge is 2.06. The van der Waals surface area contributed by atoms with Crippen LogP contribution in [0.2, 0.25) is 0 Å². The highest BCUT2D eigenvalue weighted by Crippen LogP contribution is 2.28. The smallest absolute Gasteiger partial charge is 0.239 e. The zero-order valence-electron chi connectivity index (χ0n) is 13.7. The maximum Gasteiger partial charge on any atom is 0.239 e. The Hall–Kier alpha value is -2.49. The van der Waals surface area contributed by atoms with Gasteiger partial charge in [0, 0.05) is 6.54 Å². The molecule has 0 atom stereocenters. The Bertz CT molecular complexity index is 612. The largest absolute Gasteiger partial charge is 0.455 e. The first-order valence-corrected chi connectivity index (χ1v) is 7.97. The normalized spacial score (nSPS) is 10.4. The van der Waals surface area contributed by atoms with E-state index in [4.69, 9.17) is 4.74 Å². The van der Waals surface area contributed by atoms with E-state index >= 15 is 0 Å². The van der Waals surface area contributed by atoms with Crippen LogP contribution in [0, 0.1) is 5.92 Å². The Morgan fingerprint density at radius 3 is 2.48 bits per heavy atom. The van der Waals surface area contributed by atoms with Crippen molar-refractivity contribution in [3.8, 4) is 11.5 Å². The van der Waals surface area contributed by atoms with Gasteiger partial charge in [0.25, 0.3) is 0 Å². The second kappa shape index (κ2) is 8.83. The van der Waals surface area contributed by atoms with E-state index in [0.717, 1.165) is 17.9 Å². The van der Waals surface area contributed by atoms with Crippen LogP contribution in [0.25, 0.3) is 0 Å². The molecule has 0 unspecified atom stereocenters. The van der Waals surface area contributed by atoms with E-state index in [1.54, 1.807) is 0 Å². The van der Waals surface area contributed by atoms with Crippen LogP contribution in [0.4, 0.5) is 5.69 Å². The molecule has 2 rings (SSSR count). The van der Waals surface area contributed by atoms with Gasteiger partial charge in [-0.2, -0.15) is 0 Å². The van der Waals surface area contributed by atoms with Gasteiger partial charge in [-0.15, -0.1) is 0 Å². The van der Waals surface area contributed by atoms with Gasteiger partial charge in [-0.25, -0.2) is 0 Å². The summed E-state index contributed by atoms with van der Waals surface area (Å²) in [4.78, 5) is 11.9. The lowest BCUT2D eigenvalue weighted by Crippen LogP contribution is -2.31. The van der Waals surface area contributed by atoms with Gasteiger partial charge in [-0.1, -0.05) is 44.2 Å². The molecule has 0 aliphatic carbocycles. The molecular weight excluding hydrogens is 288 g/mol. The number of ether oxygens (including phenoxy) is 1. The first-order chi connectivity index (χ1) is 11.1. The van der Waals surface area contributed by atoms with Gasteiger partial charge in [0.1, 0.15) is 5.75 Å². The van der Waals surface area contributed by atoms with Crippen LogP contribution in [0.5, 0.6) is 11.5 Å². The van der Waals surface area contributed by atoms with Crippen LogP contribution in [-0.2, 0) is 4.79 Å². The van der Waals surface area contributed by atoms with Crippen molar-refractivity contribution in [2.45, 2.75) is 20.3 Å². The van der Waals surface area contributed by atoms with Crippen molar-refractivity contribution < 1.29 is 9.53 Å². The van der Waals surface area contributed by atoms with E-state index in [0.29, 0.717) is 18.2 Å². The molecule has 0 saturated carbocycles. The summed E-state index contributed by atoms with van der Waals surface area (Å²) >= 11 is 0. The summed E-state index contributed by atoms with van der Waals surface area (Å²) in [5.41, 5.74) is 0.801. The molecule has 122 valence electrons. The van der Waals surface area contributed by atoms with E-state index in [-0.39, 0.29) is 12.5 Å². The maximum atomic E-state index is 11.9. The fourth-order valence-electron chi connectivity index (χ4n) is 2.06. The molecule has 2 aromatic rings. The molecule has 0 aliphatic heterocycles. The van der Waals surface area contributed by atoms with Gasteiger partial charge in [-0.05, 0) is 36.6 Å². The Morgan fingerprint density at radius 2 is 1.74 bits per heavy atom. The monoisotopic (exact) mass is 312 g/mol. The predicted octanol–water partition coefficient (Wildman–Crippen LogP) is 4.05. The van der Waals surface area contributed by atoms with Gasteiger partial charge in [-0.3, -0.25) is 4.79 Å². The van der Waals surface area contributed by atoms with Crippen molar-refractivity contribution in [3.63, 3.8) is 0 Å². The standard InChI is InChI=1S/C19H24N2O2/c1-15(2)12-13-20-19(22)14-21-17-10-6-7-11-18(17)23-16-8-4-3-5-9-16/h3-11,15,21H,12-14H2,1-2H3,(H,20,22). The molecule has 1 amide bonds. The zero-order chi connectivity index (χ0) is 16.5. The minimum Gasteiger partial charge on any atom is -0.455 e. The Balaban J connectivity index is 1.89. The summed E-state index contributed by atoms with van der Waals surface area (Å²) < 4.78 is 5.86. The van der Waals surface area contributed by atoms with Crippen LogP contribution >= 0.6 is 0 Å². The van der Waals surface area contributed by atoms with Crippen molar-refractivity contribution in [1.29, 1.82) is 0 Å². The molecule has 0 heterocycles. The van der Waals surface area contributed by atoms with Crippen molar-refractivity contribution in [2.75, 3.05) is 18.4 Å².